The van der Waals surface area contributed by atoms with Gasteiger partial charge in [-0.05, 0) is 48.2 Å². The summed E-state index contributed by atoms with van der Waals surface area (Å²) in [6, 6.07) is 14.2. The number of hydrogen-bond acceptors (Lipinski definition) is 6. The number of carbonyl (C=O) groups is 3. The lowest BCUT2D eigenvalue weighted by Gasteiger charge is -2.14. The Morgan fingerprint density at radius 1 is 1.16 bits per heavy atom. The first-order valence-corrected chi connectivity index (χ1v) is 10.5. The lowest BCUT2D eigenvalue weighted by molar-refractivity contribution is -0.123. The minimum absolute atomic E-state index is 0.0772. The summed E-state index contributed by atoms with van der Waals surface area (Å²) in [5.74, 6) is -0.699. The van der Waals surface area contributed by atoms with Crippen LogP contribution in [0.25, 0.3) is 17.4 Å². The van der Waals surface area contributed by atoms with Crippen LogP contribution in [0.2, 0.25) is 5.02 Å². The first-order chi connectivity index (χ1) is 15.4. The molecule has 0 unspecified atom stereocenters. The van der Waals surface area contributed by atoms with Gasteiger partial charge in [0.2, 0.25) is 0 Å². The quantitative estimate of drug-likeness (QED) is 0.347. The Labute approximate surface area is 191 Å². The number of imide groups is 1. The number of halogens is 2. The second-order valence-corrected chi connectivity index (χ2v) is 8.14. The van der Waals surface area contributed by atoms with Crippen molar-refractivity contribution in [3.05, 3.63) is 87.2 Å². The Balaban J connectivity index is 1.52. The fourth-order valence-electron chi connectivity index (χ4n) is 3.08. The predicted molar refractivity (Wildman–Crippen MR) is 118 cm³/mol. The summed E-state index contributed by atoms with van der Waals surface area (Å²) in [5.41, 5.74) is 1.21. The molecule has 2 aromatic carbocycles. The smallest absolute Gasteiger partial charge is 0.337 e. The van der Waals surface area contributed by atoms with E-state index < -0.39 is 22.9 Å². The zero-order valence-corrected chi connectivity index (χ0v) is 18.2. The van der Waals surface area contributed by atoms with Gasteiger partial charge in [-0.2, -0.15) is 0 Å². The molecule has 0 aliphatic carbocycles. The third-order valence-corrected chi connectivity index (χ3v) is 6.00. The van der Waals surface area contributed by atoms with Crippen LogP contribution in [0.4, 0.5) is 9.18 Å². The molecule has 0 atom stereocenters. The Morgan fingerprint density at radius 2 is 1.91 bits per heavy atom. The molecule has 9 heteroatoms. The number of benzene rings is 2. The van der Waals surface area contributed by atoms with Gasteiger partial charge in [0.25, 0.3) is 11.1 Å². The second-order valence-electron chi connectivity index (χ2n) is 6.74. The van der Waals surface area contributed by atoms with Crippen LogP contribution in [0.15, 0.2) is 63.9 Å². The molecule has 32 heavy (non-hydrogen) atoms. The highest BCUT2D eigenvalue weighted by molar-refractivity contribution is 8.18. The van der Waals surface area contributed by atoms with Gasteiger partial charge in [0.1, 0.15) is 17.3 Å². The van der Waals surface area contributed by atoms with Gasteiger partial charge >= 0.3 is 5.97 Å². The molecule has 2 heterocycles. The summed E-state index contributed by atoms with van der Waals surface area (Å²) in [6.45, 7) is -0.260. The largest absolute Gasteiger partial charge is 0.465 e. The molecule has 1 saturated heterocycles. The van der Waals surface area contributed by atoms with Crippen molar-refractivity contribution in [2.24, 2.45) is 0 Å². The maximum Gasteiger partial charge on any atom is 0.337 e. The predicted octanol–water partition coefficient (Wildman–Crippen LogP) is 5.76. The number of thioether (sulfide) groups is 1. The minimum atomic E-state index is -0.588. The van der Waals surface area contributed by atoms with Gasteiger partial charge < -0.3 is 9.15 Å². The van der Waals surface area contributed by atoms with Gasteiger partial charge in [0, 0.05) is 22.2 Å². The van der Waals surface area contributed by atoms with E-state index in [0.717, 1.165) is 22.2 Å². The lowest BCUT2D eigenvalue weighted by Crippen LogP contribution is -2.28. The van der Waals surface area contributed by atoms with E-state index in [-0.39, 0.29) is 22.0 Å². The number of methoxy groups -OCH3 is 1. The summed E-state index contributed by atoms with van der Waals surface area (Å²) < 4.78 is 24.5. The molecular formula is C23H15ClFNO5S. The summed E-state index contributed by atoms with van der Waals surface area (Å²) in [5, 5.41) is -0.382. The molecule has 162 valence electrons. The van der Waals surface area contributed by atoms with Crippen molar-refractivity contribution in [2.75, 3.05) is 7.11 Å². The van der Waals surface area contributed by atoms with Crippen LogP contribution in [0.5, 0.6) is 0 Å². The lowest BCUT2D eigenvalue weighted by atomic mass is 10.1. The number of hydrogen-bond donors (Lipinski definition) is 0. The van der Waals surface area contributed by atoms with Crippen molar-refractivity contribution >= 4 is 46.6 Å². The van der Waals surface area contributed by atoms with Gasteiger partial charge in [-0.25, -0.2) is 9.18 Å². The van der Waals surface area contributed by atoms with Crippen LogP contribution in [-0.2, 0) is 16.1 Å². The zero-order valence-electron chi connectivity index (χ0n) is 16.6. The Bertz CT molecular complexity index is 1230. The van der Waals surface area contributed by atoms with Crippen molar-refractivity contribution < 1.29 is 27.9 Å². The monoisotopic (exact) mass is 471 g/mol. The van der Waals surface area contributed by atoms with Gasteiger partial charge in [-0.15, -0.1) is 0 Å². The van der Waals surface area contributed by atoms with Crippen LogP contribution >= 0.6 is 23.4 Å². The Kier molecular flexibility index (Phi) is 6.16. The molecule has 0 bridgehead atoms. The molecule has 4 rings (SSSR count). The molecule has 0 saturated carbocycles. The molecule has 1 fully saturated rings. The summed E-state index contributed by atoms with van der Waals surface area (Å²) in [4.78, 5) is 37.7. The third-order valence-electron chi connectivity index (χ3n) is 4.74. The number of nitrogens with zero attached hydrogens (tertiary/aromatic N) is 1. The highest BCUT2D eigenvalue weighted by Gasteiger charge is 2.36. The summed E-state index contributed by atoms with van der Waals surface area (Å²) in [6.07, 6.45) is 1.46. The zero-order chi connectivity index (χ0) is 22.8. The fourth-order valence-corrected chi connectivity index (χ4v) is 4.12. The number of esters is 1. The SMILES string of the molecule is COC(=O)c1ccc(-c2ccc(/C=C3\SC(=O)N(Cc4c(F)cccc4Cl)C3=O)o2)cc1. The minimum Gasteiger partial charge on any atom is -0.465 e. The molecule has 1 aliphatic heterocycles. The van der Waals surface area contributed by atoms with E-state index in [4.69, 9.17) is 16.0 Å². The van der Waals surface area contributed by atoms with E-state index in [2.05, 4.69) is 4.74 Å². The van der Waals surface area contributed by atoms with Crippen LogP contribution in [0, 0.1) is 5.82 Å². The van der Waals surface area contributed by atoms with E-state index in [1.165, 1.54) is 31.4 Å². The first kappa shape index (κ1) is 21.9. The van der Waals surface area contributed by atoms with Gasteiger partial charge in [-0.3, -0.25) is 14.5 Å². The average molecular weight is 472 g/mol. The molecule has 6 nitrogen and oxygen atoms in total. The molecule has 0 radical (unpaired) electrons. The number of furan rings is 1. The van der Waals surface area contributed by atoms with Crippen LogP contribution in [0.1, 0.15) is 21.7 Å². The molecule has 3 aromatic rings. The van der Waals surface area contributed by atoms with Gasteiger partial charge in [0.15, 0.2) is 0 Å². The highest BCUT2D eigenvalue weighted by Crippen LogP contribution is 2.35. The van der Waals surface area contributed by atoms with Crippen LogP contribution in [-0.4, -0.2) is 29.1 Å². The van der Waals surface area contributed by atoms with Crippen LogP contribution < -0.4 is 0 Å². The molecular weight excluding hydrogens is 457 g/mol. The van der Waals surface area contributed by atoms with Crippen molar-refractivity contribution in [1.82, 2.24) is 4.90 Å². The number of rotatable bonds is 5. The highest BCUT2D eigenvalue weighted by atomic mass is 35.5. The van der Waals surface area contributed by atoms with E-state index in [1.54, 1.807) is 36.4 Å². The Morgan fingerprint density at radius 3 is 2.59 bits per heavy atom. The first-order valence-electron chi connectivity index (χ1n) is 9.34. The maximum absolute atomic E-state index is 14.1. The fraction of sp³-hybridized carbons (Fsp3) is 0.0870. The summed E-state index contributed by atoms with van der Waals surface area (Å²) in [7, 11) is 1.31. The molecule has 2 amide bonds. The number of carbonyl (C=O) groups excluding carboxylic acids is 3. The van der Waals surface area contributed by atoms with Crippen molar-refractivity contribution in [3.8, 4) is 11.3 Å². The van der Waals surface area contributed by atoms with Crippen molar-refractivity contribution in [2.45, 2.75) is 6.54 Å². The molecule has 0 N–H and O–H groups in total. The van der Waals surface area contributed by atoms with E-state index >= 15 is 0 Å². The van der Waals surface area contributed by atoms with Crippen molar-refractivity contribution in [3.63, 3.8) is 0 Å². The third kappa shape index (κ3) is 4.32. The molecule has 0 spiro atoms. The standard InChI is InChI=1S/C23H15ClFNO5S/c1-30-22(28)14-7-5-13(6-8-14)19-10-9-15(31-19)11-20-21(27)26(23(29)32-20)12-16-17(24)3-2-4-18(16)25/h2-11H,12H2,1H3/b20-11-. The van der Waals surface area contributed by atoms with E-state index in [1.807, 2.05) is 0 Å². The van der Waals surface area contributed by atoms with Gasteiger partial charge in [-0.1, -0.05) is 29.8 Å². The van der Waals surface area contributed by atoms with Gasteiger partial charge in [0.05, 0.1) is 24.1 Å². The molecule has 1 aliphatic rings. The summed E-state index contributed by atoms with van der Waals surface area (Å²) >= 11 is 6.76. The Hall–Kier alpha value is -3.36. The maximum atomic E-state index is 14.1. The topological polar surface area (TPSA) is 76.8 Å². The molecule has 1 aromatic heterocycles. The number of ether oxygens (including phenoxy) is 1. The number of amides is 2. The average Bonchev–Trinajstić information content (AvgIpc) is 3.35. The van der Waals surface area contributed by atoms with Crippen LogP contribution in [0.3, 0.4) is 0 Å². The normalized spacial score (nSPS) is 15.0. The van der Waals surface area contributed by atoms with Crippen molar-refractivity contribution in [1.29, 1.82) is 0 Å². The second kappa shape index (κ2) is 9.02. The van der Waals surface area contributed by atoms with E-state index in [0.29, 0.717) is 17.1 Å². The van der Waals surface area contributed by atoms with E-state index in [9.17, 15) is 18.8 Å².